The van der Waals surface area contributed by atoms with Crippen molar-refractivity contribution in [2.24, 2.45) is 0 Å². The third-order valence-corrected chi connectivity index (χ3v) is 5.87. The Morgan fingerprint density at radius 2 is 1.55 bits per heavy atom. The first kappa shape index (κ1) is 16.7. The molecule has 0 bridgehead atoms. The molecular weight excluding hydrogens is 304 g/mol. The maximum absolute atomic E-state index is 12.7. The number of benzene rings is 1. The highest BCUT2D eigenvalue weighted by Gasteiger charge is 2.27. The van der Waals surface area contributed by atoms with Crippen LogP contribution in [0.5, 0.6) is 0 Å². The molecule has 1 aromatic heterocycles. The van der Waals surface area contributed by atoms with Gasteiger partial charge in [0.2, 0.25) is 10.0 Å². The Hall–Kier alpha value is -1.67. The molecule has 122 valence electrons. The number of aromatic nitrogens is 2. The van der Waals surface area contributed by atoms with E-state index < -0.39 is 10.0 Å². The van der Waals surface area contributed by atoms with Crippen LogP contribution < -0.4 is 4.90 Å². The fourth-order valence-electron chi connectivity index (χ4n) is 2.56. The number of rotatable bonds is 7. The highest BCUT2D eigenvalue weighted by Crippen LogP contribution is 2.30. The minimum atomic E-state index is -3.60. The molecule has 0 aliphatic carbocycles. The van der Waals surface area contributed by atoms with Gasteiger partial charge in [-0.2, -0.15) is 4.31 Å². The lowest BCUT2D eigenvalue weighted by Crippen LogP contribution is -2.31. The van der Waals surface area contributed by atoms with Crippen molar-refractivity contribution in [3.8, 4) is 0 Å². The summed E-state index contributed by atoms with van der Waals surface area (Å²) in [7, 11) is -3.60. The number of nitrogens with zero attached hydrogens (tertiary/aromatic N) is 4. The molecule has 0 amide bonds. The largest absolute Gasteiger partial charge is 0.370 e. The quantitative estimate of drug-likeness (QED) is 0.775. The molecular formula is C14H22N4O3S. The molecule has 0 aliphatic heterocycles. The molecule has 7 nitrogen and oxygen atoms in total. The van der Waals surface area contributed by atoms with E-state index in [4.69, 9.17) is 4.63 Å². The zero-order valence-corrected chi connectivity index (χ0v) is 14.2. The van der Waals surface area contributed by atoms with Gasteiger partial charge in [-0.15, -0.1) is 0 Å². The Kier molecular flexibility index (Phi) is 5.02. The van der Waals surface area contributed by atoms with Gasteiger partial charge in [-0.1, -0.05) is 13.8 Å². The summed E-state index contributed by atoms with van der Waals surface area (Å²) in [6.45, 7) is 10.1. The number of hydrogen-bond donors (Lipinski definition) is 0. The van der Waals surface area contributed by atoms with Crippen LogP contribution in [0.3, 0.4) is 0 Å². The summed E-state index contributed by atoms with van der Waals surface area (Å²) in [6.07, 6.45) is 0. The van der Waals surface area contributed by atoms with Crippen LogP contribution in [0, 0.1) is 0 Å². The number of sulfonamides is 1. The molecule has 0 saturated carbocycles. The van der Waals surface area contributed by atoms with Crippen LogP contribution in [0.2, 0.25) is 0 Å². The fraction of sp³-hybridized carbons (Fsp3) is 0.571. The van der Waals surface area contributed by atoms with Crippen LogP contribution in [-0.4, -0.2) is 49.2 Å². The molecule has 0 aliphatic rings. The van der Waals surface area contributed by atoms with E-state index in [1.165, 1.54) is 4.31 Å². The molecule has 22 heavy (non-hydrogen) atoms. The Balaban J connectivity index is 2.64. The molecule has 0 fully saturated rings. The molecule has 2 rings (SSSR count). The first-order chi connectivity index (χ1) is 10.5. The summed E-state index contributed by atoms with van der Waals surface area (Å²) in [5, 5.41) is 7.74. The lowest BCUT2D eigenvalue weighted by Gasteiger charge is -2.22. The summed E-state index contributed by atoms with van der Waals surface area (Å²) >= 11 is 0. The van der Waals surface area contributed by atoms with Gasteiger partial charge >= 0.3 is 0 Å². The second-order valence-corrected chi connectivity index (χ2v) is 6.71. The van der Waals surface area contributed by atoms with E-state index in [1.54, 1.807) is 12.1 Å². The molecule has 1 heterocycles. The zero-order valence-electron chi connectivity index (χ0n) is 13.4. The van der Waals surface area contributed by atoms with Gasteiger partial charge in [0.15, 0.2) is 11.0 Å². The van der Waals surface area contributed by atoms with E-state index in [9.17, 15) is 8.42 Å². The third-order valence-electron chi connectivity index (χ3n) is 3.78. The summed E-state index contributed by atoms with van der Waals surface area (Å²) in [6, 6.07) is 3.36. The van der Waals surface area contributed by atoms with Crippen molar-refractivity contribution in [2.45, 2.75) is 32.6 Å². The smallest absolute Gasteiger partial charge is 0.245 e. The van der Waals surface area contributed by atoms with E-state index in [-0.39, 0.29) is 10.4 Å². The van der Waals surface area contributed by atoms with E-state index in [1.807, 2.05) is 27.7 Å². The molecule has 0 atom stereocenters. The lowest BCUT2D eigenvalue weighted by molar-refractivity contribution is 0.315. The summed E-state index contributed by atoms with van der Waals surface area (Å²) in [4.78, 5) is 2.23. The minimum absolute atomic E-state index is 0.142. The summed E-state index contributed by atoms with van der Waals surface area (Å²) in [5.74, 6) is 0. The van der Waals surface area contributed by atoms with Gasteiger partial charge in [0.25, 0.3) is 0 Å². The normalized spacial score (nSPS) is 12.2. The van der Waals surface area contributed by atoms with Gasteiger partial charge in [0, 0.05) is 26.2 Å². The Morgan fingerprint density at radius 3 is 2.09 bits per heavy atom. The molecule has 0 spiro atoms. The number of fused-ring (bicyclic) bond motifs is 1. The third kappa shape index (κ3) is 2.68. The number of hydrogen-bond acceptors (Lipinski definition) is 6. The average molecular weight is 326 g/mol. The van der Waals surface area contributed by atoms with Gasteiger partial charge in [0.1, 0.15) is 4.90 Å². The van der Waals surface area contributed by atoms with Crippen LogP contribution in [0.15, 0.2) is 21.7 Å². The Morgan fingerprint density at radius 1 is 0.955 bits per heavy atom. The van der Waals surface area contributed by atoms with Crippen molar-refractivity contribution in [1.29, 1.82) is 0 Å². The van der Waals surface area contributed by atoms with Crippen LogP contribution in [-0.2, 0) is 10.0 Å². The van der Waals surface area contributed by atoms with E-state index >= 15 is 0 Å². The van der Waals surface area contributed by atoms with Crippen molar-refractivity contribution in [1.82, 2.24) is 14.6 Å². The van der Waals surface area contributed by atoms with Crippen LogP contribution >= 0.6 is 0 Å². The van der Waals surface area contributed by atoms with Crippen molar-refractivity contribution in [3.05, 3.63) is 12.1 Å². The van der Waals surface area contributed by atoms with Crippen molar-refractivity contribution in [3.63, 3.8) is 0 Å². The zero-order chi connectivity index (χ0) is 16.3. The van der Waals surface area contributed by atoms with E-state index in [2.05, 4.69) is 15.2 Å². The predicted octanol–water partition coefficient (Wildman–Crippen LogP) is 2.10. The van der Waals surface area contributed by atoms with Gasteiger partial charge < -0.3 is 4.90 Å². The fourth-order valence-corrected chi connectivity index (χ4v) is 4.14. The summed E-state index contributed by atoms with van der Waals surface area (Å²) < 4.78 is 31.7. The maximum Gasteiger partial charge on any atom is 0.245 e. The first-order valence-corrected chi connectivity index (χ1v) is 8.95. The molecule has 0 radical (unpaired) electrons. The molecule has 0 unspecified atom stereocenters. The van der Waals surface area contributed by atoms with Crippen molar-refractivity contribution >= 4 is 26.7 Å². The van der Waals surface area contributed by atoms with Crippen LogP contribution in [0.1, 0.15) is 27.7 Å². The standard InChI is InChI=1S/C14H22N4O3S/c1-5-17(6-2)11-9-10-12(14-13(11)15-21-16-14)22(19,20)18(7-3)8-4/h9-10H,5-8H2,1-4H3. The van der Waals surface area contributed by atoms with Crippen LogP contribution in [0.4, 0.5) is 5.69 Å². The van der Waals surface area contributed by atoms with Gasteiger partial charge in [-0.05, 0) is 36.3 Å². The van der Waals surface area contributed by atoms with Crippen LogP contribution in [0.25, 0.3) is 11.0 Å². The topological polar surface area (TPSA) is 79.5 Å². The molecule has 8 heteroatoms. The maximum atomic E-state index is 12.7. The Labute approximate surface area is 130 Å². The first-order valence-electron chi connectivity index (χ1n) is 7.51. The molecule has 0 saturated heterocycles. The van der Waals surface area contributed by atoms with E-state index in [0.717, 1.165) is 18.8 Å². The second kappa shape index (κ2) is 6.62. The monoisotopic (exact) mass is 326 g/mol. The van der Waals surface area contributed by atoms with Gasteiger partial charge in [0.05, 0.1) is 5.69 Å². The van der Waals surface area contributed by atoms with E-state index in [0.29, 0.717) is 18.6 Å². The highest BCUT2D eigenvalue weighted by atomic mass is 32.2. The lowest BCUT2D eigenvalue weighted by atomic mass is 10.2. The highest BCUT2D eigenvalue weighted by molar-refractivity contribution is 7.89. The van der Waals surface area contributed by atoms with Crippen molar-refractivity contribution < 1.29 is 13.0 Å². The average Bonchev–Trinajstić information content (AvgIpc) is 2.98. The second-order valence-electron chi connectivity index (χ2n) is 4.81. The van der Waals surface area contributed by atoms with Gasteiger partial charge in [-0.3, -0.25) is 0 Å². The molecule has 2 aromatic rings. The molecule has 0 N–H and O–H groups in total. The predicted molar refractivity (Wildman–Crippen MR) is 85.5 cm³/mol. The minimum Gasteiger partial charge on any atom is -0.370 e. The van der Waals surface area contributed by atoms with Gasteiger partial charge in [-0.25, -0.2) is 13.0 Å². The molecule has 1 aromatic carbocycles. The Bertz CT molecular complexity index is 734. The number of anilines is 1. The van der Waals surface area contributed by atoms with Crippen molar-refractivity contribution in [2.75, 3.05) is 31.1 Å². The SMILES string of the molecule is CCN(CC)c1ccc(S(=O)(=O)N(CC)CC)c2nonc12. The summed E-state index contributed by atoms with van der Waals surface area (Å²) in [5.41, 5.74) is 1.60.